The number of piperazine rings is 1. The molecule has 0 radical (unpaired) electrons. The third kappa shape index (κ3) is 4.47. The summed E-state index contributed by atoms with van der Waals surface area (Å²) in [6, 6.07) is 0. The van der Waals surface area contributed by atoms with Crippen LogP contribution < -0.4 is 5.32 Å². The molecule has 0 saturated carbocycles. The van der Waals surface area contributed by atoms with Crippen LogP contribution in [0.4, 0.5) is 0 Å². The maximum atomic E-state index is 11.7. The van der Waals surface area contributed by atoms with Gasteiger partial charge in [0.05, 0.1) is 6.61 Å². The van der Waals surface area contributed by atoms with Gasteiger partial charge in [0, 0.05) is 52.8 Å². The maximum Gasteiger partial charge on any atom is 0.223 e. The monoisotopic (exact) mass is 229 g/mol. The predicted octanol–water partition coefficient (Wildman–Crippen LogP) is -0.613. The Morgan fingerprint density at radius 1 is 1.31 bits per heavy atom. The third-order valence-corrected chi connectivity index (χ3v) is 2.93. The summed E-state index contributed by atoms with van der Waals surface area (Å²) in [4.78, 5) is 16.0. The van der Waals surface area contributed by atoms with Gasteiger partial charge in [-0.3, -0.25) is 9.69 Å². The second-order valence-corrected chi connectivity index (χ2v) is 4.07. The summed E-state index contributed by atoms with van der Waals surface area (Å²) >= 11 is 0. The van der Waals surface area contributed by atoms with Crippen LogP contribution in [0.15, 0.2) is 0 Å². The normalized spacial score (nSPS) is 17.8. The van der Waals surface area contributed by atoms with E-state index in [1.807, 2.05) is 11.9 Å². The first-order valence-corrected chi connectivity index (χ1v) is 5.91. The number of hydrogen-bond acceptors (Lipinski definition) is 4. The minimum absolute atomic E-state index is 0.265. The van der Waals surface area contributed by atoms with Crippen LogP contribution in [-0.2, 0) is 9.53 Å². The van der Waals surface area contributed by atoms with Crippen LogP contribution in [0.25, 0.3) is 0 Å². The number of methoxy groups -OCH3 is 1. The molecule has 0 atom stereocenters. The molecule has 0 aromatic heterocycles. The lowest BCUT2D eigenvalue weighted by atomic mass is 10.2. The number of hydrogen-bond donors (Lipinski definition) is 1. The van der Waals surface area contributed by atoms with E-state index in [9.17, 15) is 4.79 Å². The predicted molar refractivity (Wildman–Crippen MR) is 63.4 cm³/mol. The number of amides is 1. The number of nitrogens with zero attached hydrogens (tertiary/aromatic N) is 2. The van der Waals surface area contributed by atoms with Gasteiger partial charge in [-0.25, -0.2) is 0 Å². The van der Waals surface area contributed by atoms with Crippen molar-refractivity contribution in [1.29, 1.82) is 0 Å². The minimum atomic E-state index is 0.265. The molecular formula is C11H23N3O2. The van der Waals surface area contributed by atoms with Crippen LogP contribution in [0.3, 0.4) is 0 Å². The highest BCUT2D eigenvalue weighted by molar-refractivity contribution is 5.76. The fourth-order valence-electron chi connectivity index (χ4n) is 1.83. The molecule has 1 N–H and O–H groups in total. The highest BCUT2D eigenvalue weighted by Crippen LogP contribution is 2.03. The van der Waals surface area contributed by atoms with E-state index in [1.165, 1.54) is 0 Å². The van der Waals surface area contributed by atoms with Gasteiger partial charge in [0.1, 0.15) is 0 Å². The highest BCUT2D eigenvalue weighted by atomic mass is 16.5. The maximum absolute atomic E-state index is 11.7. The highest BCUT2D eigenvalue weighted by Gasteiger charge is 2.19. The lowest BCUT2D eigenvalue weighted by molar-refractivity contribution is -0.132. The lowest BCUT2D eigenvalue weighted by Crippen LogP contribution is -2.49. The van der Waals surface area contributed by atoms with Crippen molar-refractivity contribution in [1.82, 2.24) is 15.1 Å². The molecule has 0 aromatic carbocycles. The molecular weight excluding hydrogens is 206 g/mol. The Balaban J connectivity index is 2.18. The first kappa shape index (κ1) is 13.4. The number of ether oxygens (including phenoxy) is 1. The van der Waals surface area contributed by atoms with Gasteiger partial charge in [-0.1, -0.05) is 0 Å². The Morgan fingerprint density at radius 3 is 2.56 bits per heavy atom. The zero-order chi connectivity index (χ0) is 11.8. The summed E-state index contributed by atoms with van der Waals surface area (Å²) < 4.78 is 5.04. The Kier molecular flexibility index (Phi) is 6.37. The SMILES string of the molecule is CNCCC(=O)N1CCN(CCOC)CC1. The fourth-order valence-corrected chi connectivity index (χ4v) is 1.83. The molecule has 1 amide bonds. The van der Waals surface area contributed by atoms with E-state index in [4.69, 9.17) is 4.74 Å². The Hall–Kier alpha value is -0.650. The van der Waals surface area contributed by atoms with E-state index < -0.39 is 0 Å². The van der Waals surface area contributed by atoms with Crippen LogP contribution >= 0.6 is 0 Å². The van der Waals surface area contributed by atoms with Gasteiger partial charge in [0.25, 0.3) is 0 Å². The largest absolute Gasteiger partial charge is 0.383 e. The number of rotatable bonds is 6. The van der Waals surface area contributed by atoms with Crippen molar-refractivity contribution in [3.05, 3.63) is 0 Å². The molecule has 1 aliphatic rings. The Labute approximate surface area is 97.7 Å². The minimum Gasteiger partial charge on any atom is -0.383 e. The molecule has 1 saturated heterocycles. The summed E-state index contributed by atoms with van der Waals surface area (Å²) in [5, 5.41) is 3.00. The van der Waals surface area contributed by atoms with Crippen LogP contribution in [0.5, 0.6) is 0 Å². The molecule has 1 aliphatic heterocycles. The Bertz CT molecular complexity index is 203. The zero-order valence-electron chi connectivity index (χ0n) is 10.4. The van der Waals surface area contributed by atoms with Gasteiger partial charge in [-0.2, -0.15) is 0 Å². The summed E-state index contributed by atoms with van der Waals surface area (Å²) in [5.74, 6) is 0.265. The van der Waals surface area contributed by atoms with Gasteiger partial charge in [-0.15, -0.1) is 0 Å². The van der Waals surface area contributed by atoms with Crippen molar-refractivity contribution in [2.45, 2.75) is 6.42 Å². The molecule has 0 aromatic rings. The summed E-state index contributed by atoms with van der Waals surface area (Å²) in [7, 11) is 3.59. The number of carbonyl (C=O) groups is 1. The van der Waals surface area contributed by atoms with Crippen LogP contribution in [-0.4, -0.2) is 75.7 Å². The third-order valence-electron chi connectivity index (χ3n) is 2.93. The van der Waals surface area contributed by atoms with Crippen molar-refractivity contribution >= 4 is 5.91 Å². The van der Waals surface area contributed by atoms with Crippen molar-refractivity contribution in [3.63, 3.8) is 0 Å². The Morgan fingerprint density at radius 2 is 2.00 bits per heavy atom. The number of nitrogens with one attached hydrogen (secondary N) is 1. The van der Waals surface area contributed by atoms with E-state index in [0.29, 0.717) is 6.42 Å². The second kappa shape index (κ2) is 7.60. The topological polar surface area (TPSA) is 44.8 Å². The first-order chi connectivity index (χ1) is 7.77. The van der Waals surface area contributed by atoms with Gasteiger partial charge < -0.3 is 15.0 Å². The standard InChI is InChI=1S/C11H23N3O2/c1-12-4-3-11(15)14-7-5-13(6-8-14)9-10-16-2/h12H,3-10H2,1-2H3. The van der Waals surface area contributed by atoms with Crippen molar-refractivity contribution < 1.29 is 9.53 Å². The molecule has 1 rings (SSSR count). The van der Waals surface area contributed by atoms with E-state index >= 15 is 0 Å². The molecule has 0 unspecified atom stereocenters. The van der Waals surface area contributed by atoms with Crippen molar-refractivity contribution in [2.75, 3.05) is 60.0 Å². The fraction of sp³-hybridized carbons (Fsp3) is 0.909. The van der Waals surface area contributed by atoms with Gasteiger partial charge in [-0.05, 0) is 7.05 Å². The smallest absolute Gasteiger partial charge is 0.223 e. The first-order valence-electron chi connectivity index (χ1n) is 5.91. The summed E-state index contributed by atoms with van der Waals surface area (Å²) in [5.41, 5.74) is 0. The zero-order valence-corrected chi connectivity index (χ0v) is 10.4. The van der Waals surface area contributed by atoms with Crippen LogP contribution in [0.1, 0.15) is 6.42 Å². The van der Waals surface area contributed by atoms with E-state index in [0.717, 1.165) is 45.9 Å². The second-order valence-electron chi connectivity index (χ2n) is 4.07. The van der Waals surface area contributed by atoms with Crippen molar-refractivity contribution in [3.8, 4) is 0 Å². The molecule has 1 heterocycles. The molecule has 0 aliphatic carbocycles. The molecule has 0 bridgehead atoms. The average molecular weight is 229 g/mol. The van der Waals surface area contributed by atoms with Gasteiger partial charge >= 0.3 is 0 Å². The van der Waals surface area contributed by atoms with Crippen LogP contribution in [0.2, 0.25) is 0 Å². The molecule has 5 nitrogen and oxygen atoms in total. The van der Waals surface area contributed by atoms with Gasteiger partial charge in [0.15, 0.2) is 0 Å². The summed E-state index contributed by atoms with van der Waals surface area (Å²) in [6.07, 6.45) is 0.606. The van der Waals surface area contributed by atoms with E-state index in [1.54, 1.807) is 7.11 Å². The molecule has 5 heteroatoms. The van der Waals surface area contributed by atoms with E-state index in [-0.39, 0.29) is 5.91 Å². The van der Waals surface area contributed by atoms with Crippen molar-refractivity contribution in [2.24, 2.45) is 0 Å². The van der Waals surface area contributed by atoms with Gasteiger partial charge in [0.2, 0.25) is 5.91 Å². The van der Waals surface area contributed by atoms with Crippen LogP contribution in [0, 0.1) is 0 Å². The summed E-state index contributed by atoms with van der Waals surface area (Å²) in [6.45, 7) is 6.15. The van der Waals surface area contributed by atoms with E-state index in [2.05, 4.69) is 10.2 Å². The average Bonchev–Trinajstić information content (AvgIpc) is 2.34. The molecule has 1 fully saturated rings. The number of carbonyl (C=O) groups excluding carboxylic acids is 1. The molecule has 16 heavy (non-hydrogen) atoms. The molecule has 0 spiro atoms. The molecule has 94 valence electrons. The lowest BCUT2D eigenvalue weighted by Gasteiger charge is -2.34. The quantitative estimate of drug-likeness (QED) is 0.660.